The number of anilines is 1. The van der Waals surface area contributed by atoms with E-state index in [1.54, 1.807) is 4.90 Å². The normalized spacial score (nSPS) is 15.9. The highest BCUT2D eigenvalue weighted by Gasteiger charge is 2.35. The van der Waals surface area contributed by atoms with Gasteiger partial charge >= 0.3 is 0 Å². The van der Waals surface area contributed by atoms with Gasteiger partial charge in [0, 0.05) is 36.9 Å². The average molecular weight is 443 g/mol. The third-order valence-corrected chi connectivity index (χ3v) is 6.09. The summed E-state index contributed by atoms with van der Waals surface area (Å²) in [6.07, 6.45) is 3.32. The van der Waals surface area contributed by atoms with Gasteiger partial charge in [0.2, 0.25) is 17.7 Å². The van der Waals surface area contributed by atoms with Crippen LogP contribution >= 0.6 is 11.3 Å². The Morgan fingerprint density at radius 1 is 1.23 bits per heavy atom. The van der Waals surface area contributed by atoms with Gasteiger partial charge in [-0.1, -0.05) is 38.1 Å². The van der Waals surface area contributed by atoms with E-state index in [1.807, 2.05) is 31.4 Å². The number of amides is 3. The number of hydrogen-bond acceptors (Lipinski definition) is 5. The molecule has 1 aromatic carbocycles. The first kappa shape index (κ1) is 22.9. The van der Waals surface area contributed by atoms with Crippen LogP contribution in [0.3, 0.4) is 0 Å². The molecule has 3 rings (SSSR count). The minimum atomic E-state index is -0.418. The Morgan fingerprint density at radius 2 is 1.97 bits per heavy atom. The molecule has 2 heterocycles. The number of thiazole rings is 1. The first-order valence-corrected chi connectivity index (χ1v) is 11.6. The fourth-order valence-electron chi connectivity index (χ4n) is 3.69. The van der Waals surface area contributed by atoms with Crippen molar-refractivity contribution in [1.82, 2.24) is 15.2 Å². The number of aryl methyl sites for hydroxylation is 1. The Bertz CT molecular complexity index is 923. The molecular formula is C23H30N4O3S. The molecule has 1 aliphatic rings. The van der Waals surface area contributed by atoms with E-state index in [0.29, 0.717) is 24.6 Å². The maximum atomic E-state index is 12.7. The predicted octanol–water partition coefficient (Wildman–Crippen LogP) is 3.46. The smallest absolute Gasteiger partial charge is 0.248 e. The van der Waals surface area contributed by atoms with Gasteiger partial charge in [0.1, 0.15) is 6.04 Å². The van der Waals surface area contributed by atoms with Gasteiger partial charge in [-0.05, 0) is 31.2 Å². The zero-order chi connectivity index (χ0) is 22.4. The summed E-state index contributed by atoms with van der Waals surface area (Å²) < 4.78 is 0. The molecule has 2 aromatic rings. The first-order valence-electron chi connectivity index (χ1n) is 10.8. The van der Waals surface area contributed by atoms with Crippen LogP contribution in [0.2, 0.25) is 0 Å². The van der Waals surface area contributed by atoms with Crippen molar-refractivity contribution in [2.24, 2.45) is 5.92 Å². The molecule has 1 atom stereocenters. The number of aromatic nitrogens is 1. The summed E-state index contributed by atoms with van der Waals surface area (Å²) in [5.41, 5.74) is 3.00. The van der Waals surface area contributed by atoms with Crippen molar-refractivity contribution in [3.05, 3.63) is 35.2 Å². The predicted molar refractivity (Wildman–Crippen MR) is 123 cm³/mol. The lowest BCUT2D eigenvalue weighted by Crippen LogP contribution is -2.44. The van der Waals surface area contributed by atoms with Crippen LogP contribution in [-0.4, -0.2) is 46.7 Å². The van der Waals surface area contributed by atoms with E-state index >= 15 is 0 Å². The van der Waals surface area contributed by atoms with Gasteiger partial charge in [0.25, 0.3) is 0 Å². The van der Waals surface area contributed by atoms with Gasteiger partial charge in [-0.25, -0.2) is 4.98 Å². The maximum absolute atomic E-state index is 12.7. The molecule has 1 aliphatic heterocycles. The van der Waals surface area contributed by atoms with Gasteiger partial charge in [0.15, 0.2) is 5.13 Å². The number of likely N-dealkylation sites (tertiary alicyclic amines) is 1. The monoisotopic (exact) mass is 442 g/mol. The summed E-state index contributed by atoms with van der Waals surface area (Å²) in [5.74, 6) is -0.265. The van der Waals surface area contributed by atoms with Crippen LogP contribution in [0.25, 0.3) is 11.3 Å². The highest BCUT2D eigenvalue weighted by molar-refractivity contribution is 7.14. The number of carbonyl (C=O) groups excluding carboxylic acids is 3. The fourth-order valence-corrected chi connectivity index (χ4v) is 4.41. The van der Waals surface area contributed by atoms with Crippen molar-refractivity contribution in [3.8, 4) is 11.3 Å². The Hall–Kier alpha value is -2.74. The highest BCUT2D eigenvalue weighted by atomic mass is 32.1. The largest absolute Gasteiger partial charge is 0.356 e. The maximum Gasteiger partial charge on any atom is 0.248 e. The Balaban J connectivity index is 1.57. The summed E-state index contributed by atoms with van der Waals surface area (Å²) in [6.45, 7) is 6.55. The van der Waals surface area contributed by atoms with Crippen LogP contribution < -0.4 is 10.6 Å². The van der Waals surface area contributed by atoms with Crippen LogP contribution in [0.5, 0.6) is 0 Å². The summed E-state index contributed by atoms with van der Waals surface area (Å²) in [5, 5.41) is 8.16. The topological polar surface area (TPSA) is 91.4 Å². The van der Waals surface area contributed by atoms with E-state index in [2.05, 4.69) is 27.8 Å². The molecule has 0 bridgehead atoms. The number of nitrogens with zero attached hydrogens (tertiary/aromatic N) is 2. The summed E-state index contributed by atoms with van der Waals surface area (Å²) in [7, 11) is 0. The molecule has 166 valence electrons. The molecule has 0 aliphatic carbocycles. The molecule has 0 radical (unpaired) electrons. The fraction of sp³-hybridized carbons (Fsp3) is 0.478. The van der Waals surface area contributed by atoms with E-state index < -0.39 is 6.04 Å². The van der Waals surface area contributed by atoms with Crippen LogP contribution in [0.15, 0.2) is 29.6 Å². The number of nitrogens with one attached hydrogen (secondary N) is 2. The minimum Gasteiger partial charge on any atom is -0.356 e. The highest BCUT2D eigenvalue weighted by Crippen LogP contribution is 2.27. The average Bonchev–Trinajstić information content (AvgIpc) is 3.40. The van der Waals surface area contributed by atoms with Gasteiger partial charge in [0.05, 0.1) is 5.69 Å². The Morgan fingerprint density at radius 3 is 2.65 bits per heavy atom. The molecular weight excluding hydrogens is 412 g/mol. The zero-order valence-corrected chi connectivity index (χ0v) is 19.1. The van der Waals surface area contributed by atoms with Crippen LogP contribution in [0.1, 0.15) is 45.6 Å². The number of benzene rings is 1. The van der Waals surface area contributed by atoms with E-state index in [-0.39, 0.29) is 23.6 Å². The van der Waals surface area contributed by atoms with Gasteiger partial charge < -0.3 is 15.5 Å². The summed E-state index contributed by atoms with van der Waals surface area (Å²) in [4.78, 5) is 42.3. The SMILES string of the molecule is CC(=O)NCCCc1ccc(-c2csc(NC(=O)C3CCCN3C(=O)C(C)C)n2)cc1. The molecule has 7 nitrogen and oxygen atoms in total. The lowest BCUT2D eigenvalue weighted by Gasteiger charge is -2.25. The van der Waals surface area contributed by atoms with Crippen molar-refractivity contribution < 1.29 is 14.4 Å². The first-order chi connectivity index (χ1) is 14.8. The molecule has 1 fully saturated rings. The summed E-state index contributed by atoms with van der Waals surface area (Å²) in [6, 6.07) is 7.76. The quantitative estimate of drug-likeness (QED) is 0.613. The third kappa shape index (κ3) is 6.13. The molecule has 31 heavy (non-hydrogen) atoms. The van der Waals surface area contributed by atoms with Gasteiger partial charge in [-0.3, -0.25) is 14.4 Å². The van der Waals surface area contributed by atoms with Crippen molar-refractivity contribution in [1.29, 1.82) is 0 Å². The standard InChI is InChI=1S/C23H30N4O3S/c1-15(2)22(30)27-13-5-7-20(27)21(29)26-23-25-19(14-31-23)18-10-8-17(9-11-18)6-4-12-24-16(3)28/h8-11,14-15,20H,4-7,12-13H2,1-3H3,(H,24,28)(H,25,26,29). The zero-order valence-electron chi connectivity index (χ0n) is 18.3. The molecule has 0 saturated carbocycles. The van der Waals surface area contributed by atoms with E-state index in [0.717, 1.165) is 30.5 Å². The van der Waals surface area contributed by atoms with E-state index in [1.165, 1.54) is 23.8 Å². The molecule has 3 amide bonds. The molecule has 8 heteroatoms. The van der Waals surface area contributed by atoms with E-state index in [9.17, 15) is 14.4 Å². The summed E-state index contributed by atoms with van der Waals surface area (Å²) >= 11 is 1.38. The Kier molecular flexibility index (Phi) is 7.79. The van der Waals surface area contributed by atoms with Crippen molar-refractivity contribution in [2.75, 3.05) is 18.4 Å². The second-order valence-corrected chi connectivity index (χ2v) is 9.01. The number of hydrogen-bond donors (Lipinski definition) is 2. The van der Waals surface area contributed by atoms with Crippen LogP contribution in [-0.2, 0) is 20.8 Å². The molecule has 0 spiro atoms. The van der Waals surface area contributed by atoms with Gasteiger partial charge in [-0.2, -0.15) is 0 Å². The molecule has 1 saturated heterocycles. The van der Waals surface area contributed by atoms with Crippen LogP contribution in [0, 0.1) is 5.92 Å². The molecule has 1 unspecified atom stereocenters. The number of rotatable bonds is 8. The lowest BCUT2D eigenvalue weighted by atomic mass is 10.1. The molecule has 1 aromatic heterocycles. The third-order valence-electron chi connectivity index (χ3n) is 5.33. The van der Waals surface area contributed by atoms with Gasteiger partial charge in [-0.15, -0.1) is 11.3 Å². The van der Waals surface area contributed by atoms with Crippen molar-refractivity contribution >= 4 is 34.2 Å². The minimum absolute atomic E-state index is 0.00561. The lowest BCUT2D eigenvalue weighted by molar-refractivity contribution is -0.139. The second-order valence-electron chi connectivity index (χ2n) is 8.15. The Labute approximate surface area is 187 Å². The van der Waals surface area contributed by atoms with Crippen molar-refractivity contribution in [3.63, 3.8) is 0 Å². The van der Waals surface area contributed by atoms with Crippen LogP contribution in [0.4, 0.5) is 5.13 Å². The van der Waals surface area contributed by atoms with E-state index in [4.69, 9.17) is 0 Å². The second kappa shape index (κ2) is 10.5. The van der Waals surface area contributed by atoms with Crippen molar-refractivity contribution in [2.45, 2.75) is 52.5 Å². The molecule has 2 N–H and O–H groups in total. The number of carbonyl (C=O) groups is 3.